The van der Waals surface area contributed by atoms with Crippen LogP contribution in [0.2, 0.25) is 0 Å². The SMILES string of the molecule is C[C-]1C=C=CC1(C)C.Cl.Cl.[Zr]. The topological polar surface area (TPSA) is 0 Å². The molecule has 3 heteroatoms. The van der Waals surface area contributed by atoms with Gasteiger partial charge in [0.1, 0.15) is 0 Å². The molecule has 0 bridgehead atoms. The Hall–Kier alpha value is 0.853. The first-order valence-corrected chi connectivity index (χ1v) is 2.90. The maximum Gasteiger partial charge on any atom is 0 e. The first-order valence-electron chi connectivity index (χ1n) is 2.90. The molecule has 0 radical (unpaired) electrons. The predicted molar refractivity (Wildman–Crippen MR) is 49.8 cm³/mol. The third-order valence-corrected chi connectivity index (χ3v) is 1.76. The van der Waals surface area contributed by atoms with Gasteiger partial charge < -0.3 is 5.73 Å². The molecule has 1 rings (SSSR count). The van der Waals surface area contributed by atoms with E-state index in [1.54, 1.807) is 0 Å². The summed E-state index contributed by atoms with van der Waals surface area (Å²) in [5.41, 5.74) is 3.35. The maximum absolute atomic E-state index is 3.08. The van der Waals surface area contributed by atoms with Crippen molar-refractivity contribution in [1.29, 1.82) is 0 Å². The normalized spacial score (nSPS) is 16.5. The maximum atomic E-state index is 3.08. The minimum atomic E-state index is 0. The van der Waals surface area contributed by atoms with E-state index in [2.05, 4.69) is 32.6 Å². The van der Waals surface area contributed by atoms with Crippen molar-refractivity contribution < 1.29 is 26.2 Å². The summed E-state index contributed by atoms with van der Waals surface area (Å²) < 4.78 is 0. The van der Waals surface area contributed by atoms with Gasteiger partial charge in [-0.1, -0.05) is 19.3 Å². The van der Waals surface area contributed by atoms with Gasteiger partial charge in [-0.15, -0.1) is 37.8 Å². The monoisotopic (exact) mass is 269 g/mol. The van der Waals surface area contributed by atoms with E-state index in [4.69, 9.17) is 0 Å². The van der Waals surface area contributed by atoms with Gasteiger partial charge in [-0.3, -0.25) is 0 Å². The zero-order valence-corrected chi connectivity index (χ0v) is 11.1. The Bertz CT molecular complexity index is 157. The Kier molecular flexibility index (Phi) is 10.3. The van der Waals surface area contributed by atoms with Crippen molar-refractivity contribution in [2.45, 2.75) is 20.8 Å². The fraction of sp³-hybridized carbons (Fsp3) is 0.500. The smallest absolute Gasteiger partial charge is 0 e. The van der Waals surface area contributed by atoms with Gasteiger partial charge in [0.15, 0.2) is 0 Å². The van der Waals surface area contributed by atoms with E-state index in [0.717, 1.165) is 0 Å². The Morgan fingerprint density at radius 3 is 1.82 bits per heavy atom. The van der Waals surface area contributed by atoms with Gasteiger partial charge in [0.05, 0.1) is 0 Å². The van der Waals surface area contributed by atoms with E-state index in [1.165, 1.54) is 5.92 Å². The largest absolute Gasteiger partial charge is 0.354 e. The van der Waals surface area contributed by atoms with Crippen LogP contribution in [0.15, 0.2) is 17.9 Å². The average molecular weight is 271 g/mol. The van der Waals surface area contributed by atoms with Crippen LogP contribution in [-0.4, -0.2) is 0 Å². The number of hydrogen-bond acceptors (Lipinski definition) is 0. The summed E-state index contributed by atoms with van der Waals surface area (Å²) in [4.78, 5) is 0. The molecule has 0 amide bonds. The summed E-state index contributed by atoms with van der Waals surface area (Å²) in [5.74, 6) is 1.40. The molecule has 0 aromatic heterocycles. The van der Waals surface area contributed by atoms with Crippen LogP contribution in [0.25, 0.3) is 0 Å². The molecule has 0 spiro atoms. The van der Waals surface area contributed by atoms with Crippen molar-refractivity contribution in [2.75, 3.05) is 0 Å². The second-order valence-corrected chi connectivity index (χ2v) is 2.86. The summed E-state index contributed by atoms with van der Waals surface area (Å²) in [7, 11) is 0. The van der Waals surface area contributed by atoms with Crippen LogP contribution in [0.1, 0.15) is 20.8 Å². The minimum absolute atomic E-state index is 0. The molecule has 64 valence electrons. The van der Waals surface area contributed by atoms with Crippen LogP contribution >= 0.6 is 24.8 Å². The van der Waals surface area contributed by atoms with Gasteiger partial charge in [-0.25, -0.2) is 12.0 Å². The molecule has 0 heterocycles. The van der Waals surface area contributed by atoms with Gasteiger partial charge >= 0.3 is 0 Å². The molecule has 0 aromatic rings. The fourth-order valence-electron chi connectivity index (χ4n) is 0.675. The molecule has 0 N–H and O–H groups in total. The van der Waals surface area contributed by atoms with Gasteiger partial charge in [0, 0.05) is 26.2 Å². The number of hydrogen-bond donors (Lipinski definition) is 0. The Labute approximate surface area is 100 Å². The number of rotatable bonds is 0. The molecule has 0 saturated carbocycles. The third-order valence-electron chi connectivity index (χ3n) is 1.76. The standard InChI is InChI=1S/C8H11.2ClH.Zr/c1-7-5-4-6-8(7,2)3;;;/h5-6H,1-3H3;2*1H;/q-1;;;. The van der Waals surface area contributed by atoms with Crippen molar-refractivity contribution in [1.82, 2.24) is 0 Å². The molecular weight excluding hydrogens is 258 g/mol. The Balaban J connectivity index is -0.000000213. The van der Waals surface area contributed by atoms with E-state index < -0.39 is 0 Å². The van der Waals surface area contributed by atoms with Gasteiger partial charge in [0.2, 0.25) is 0 Å². The predicted octanol–water partition coefficient (Wildman–Crippen LogP) is 3.17. The van der Waals surface area contributed by atoms with Crippen molar-refractivity contribution in [2.24, 2.45) is 5.41 Å². The van der Waals surface area contributed by atoms with Crippen LogP contribution < -0.4 is 0 Å². The second-order valence-electron chi connectivity index (χ2n) is 2.86. The summed E-state index contributed by atoms with van der Waals surface area (Å²) >= 11 is 0. The molecule has 0 nitrogen and oxygen atoms in total. The van der Waals surface area contributed by atoms with Gasteiger partial charge in [0.25, 0.3) is 0 Å². The zero-order valence-electron chi connectivity index (χ0n) is 6.97. The molecule has 0 saturated heterocycles. The molecule has 11 heavy (non-hydrogen) atoms. The number of allylic oxidation sites excluding steroid dienone is 1. The van der Waals surface area contributed by atoms with Crippen molar-refractivity contribution in [3.63, 3.8) is 0 Å². The molecule has 0 atom stereocenters. The van der Waals surface area contributed by atoms with Crippen LogP contribution in [0.4, 0.5) is 0 Å². The van der Waals surface area contributed by atoms with Gasteiger partial charge in [-0.2, -0.15) is 0 Å². The van der Waals surface area contributed by atoms with Crippen LogP contribution in [0.5, 0.6) is 0 Å². The van der Waals surface area contributed by atoms with Crippen LogP contribution in [0, 0.1) is 11.3 Å². The molecule has 0 fully saturated rings. The summed E-state index contributed by atoms with van der Waals surface area (Å²) in [6, 6.07) is 0. The molecule has 0 unspecified atom stereocenters. The molecule has 1 aliphatic carbocycles. The van der Waals surface area contributed by atoms with E-state index in [-0.39, 0.29) is 56.4 Å². The molecular formula is C8H13Cl2Zr-. The average Bonchev–Trinajstić information content (AvgIpc) is 1.86. The van der Waals surface area contributed by atoms with Crippen molar-refractivity contribution >= 4 is 24.8 Å². The molecule has 1 aliphatic rings. The summed E-state index contributed by atoms with van der Waals surface area (Å²) in [6.07, 6.45) is 4.14. The Morgan fingerprint density at radius 2 is 1.73 bits per heavy atom. The van der Waals surface area contributed by atoms with E-state index >= 15 is 0 Å². The van der Waals surface area contributed by atoms with E-state index in [0.29, 0.717) is 0 Å². The van der Waals surface area contributed by atoms with E-state index in [1.807, 2.05) is 6.08 Å². The summed E-state index contributed by atoms with van der Waals surface area (Å²) in [6.45, 7) is 6.52. The first kappa shape index (κ1) is 17.8. The third kappa shape index (κ3) is 4.43. The summed E-state index contributed by atoms with van der Waals surface area (Å²) in [5, 5.41) is 0. The van der Waals surface area contributed by atoms with Crippen LogP contribution in [0.3, 0.4) is 0 Å². The first-order chi connectivity index (χ1) is 3.63. The Morgan fingerprint density at radius 1 is 1.27 bits per heavy atom. The molecule has 0 aromatic carbocycles. The van der Waals surface area contributed by atoms with Crippen molar-refractivity contribution in [3.8, 4) is 0 Å². The molecule has 0 aliphatic heterocycles. The fourth-order valence-corrected chi connectivity index (χ4v) is 0.675. The van der Waals surface area contributed by atoms with Crippen LogP contribution in [-0.2, 0) is 26.2 Å². The minimum Gasteiger partial charge on any atom is -0.354 e. The van der Waals surface area contributed by atoms with Crippen molar-refractivity contribution in [3.05, 3.63) is 23.8 Å². The number of halogens is 2. The zero-order chi connectivity index (χ0) is 6.20. The van der Waals surface area contributed by atoms with E-state index in [9.17, 15) is 0 Å². The quantitative estimate of drug-likeness (QED) is 0.469. The second kappa shape index (κ2) is 6.38. The van der Waals surface area contributed by atoms with Gasteiger partial charge in [-0.05, 0) is 0 Å².